The number of carbonyl (C=O) groups is 2. The molecular formula is C14H25NO3. The zero-order valence-corrected chi connectivity index (χ0v) is 11.3. The van der Waals surface area contributed by atoms with E-state index in [0.717, 1.165) is 19.3 Å². The van der Waals surface area contributed by atoms with Crippen molar-refractivity contribution in [2.75, 3.05) is 0 Å². The standard InChI is InChI=1S/C14H25NO3/c1-2-7-11(14(17)18)10-13(16)15-12-8-5-3-4-6-9-12/h11-12H,2-10H2,1H3,(H,15,16)(H,17,18). The van der Waals surface area contributed by atoms with Crippen molar-refractivity contribution >= 4 is 11.9 Å². The first-order chi connectivity index (χ1) is 8.63. The van der Waals surface area contributed by atoms with Crippen molar-refractivity contribution in [2.24, 2.45) is 5.92 Å². The van der Waals surface area contributed by atoms with Crippen molar-refractivity contribution in [1.82, 2.24) is 5.32 Å². The Morgan fingerprint density at radius 2 is 1.83 bits per heavy atom. The van der Waals surface area contributed by atoms with Crippen LogP contribution in [0.25, 0.3) is 0 Å². The highest BCUT2D eigenvalue weighted by Gasteiger charge is 2.22. The van der Waals surface area contributed by atoms with Gasteiger partial charge < -0.3 is 10.4 Å². The van der Waals surface area contributed by atoms with Crippen molar-refractivity contribution in [1.29, 1.82) is 0 Å². The molecule has 1 fully saturated rings. The molecule has 4 nitrogen and oxygen atoms in total. The van der Waals surface area contributed by atoms with Gasteiger partial charge in [0.05, 0.1) is 5.92 Å². The van der Waals surface area contributed by atoms with Crippen LogP contribution in [0.3, 0.4) is 0 Å². The van der Waals surface area contributed by atoms with E-state index in [2.05, 4.69) is 5.32 Å². The molecule has 1 unspecified atom stereocenters. The smallest absolute Gasteiger partial charge is 0.307 e. The van der Waals surface area contributed by atoms with Crippen molar-refractivity contribution in [3.8, 4) is 0 Å². The molecule has 0 radical (unpaired) electrons. The fourth-order valence-electron chi connectivity index (χ4n) is 2.60. The molecule has 0 aliphatic heterocycles. The largest absolute Gasteiger partial charge is 0.481 e. The zero-order valence-electron chi connectivity index (χ0n) is 11.3. The highest BCUT2D eigenvalue weighted by molar-refractivity contribution is 5.82. The van der Waals surface area contributed by atoms with Gasteiger partial charge in [0, 0.05) is 12.5 Å². The van der Waals surface area contributed by atoms with E-state index in [0.29, 0.717) is 6.42 Å². The third kappa shape index (κ3) is 5.52. The minimum absolute atomic E-state index is 0.0947. The van der Waals surface area contributed by atoms with Gasteiger partial charge in [-0.2, -0.15) is 0 Å². The maximum absolute atomic E-state index is 11.8. The van der Waals surface area contributed by atoms with E-state index in [1.54, 1.807) is 0 Å². The van der Waals surface area contributed by atoms with Gasteiger partial charge in [0.1, 0.15) is 0 Å². The highest BCUT2D eigenvalue weighted by atomic mass is 16.4. The van der Waals surface area contributed by atoms with Crippen LogP contribution in [0.15, 0.2) is 0 Å². The normalized spacial score (nSPS) is 18.9. The van der Waals surface area contributed by atoms with Gasteiger partial charge in [0.25, 0.3) is 0 Å². The molecule has 0 saturated heterocycles. The zero-order chi connectivity index (χ0) is 13.4. The predicted molar refractivity (Wildman–Crippen MR) is 70.3 cm³/mol. The Kier molecular flexibility index (Phi) is 6.76. The summed E-state index contributed by atoms with van der Waals surface area (Å²) in [5.41, 5.74) is 0. The number of carboxylic acid groups (broad SMARTS) is 1. The Morgan fingerprint density at radius 1 is 1.22 bits per heavy atom. The molecule has 1 aliphatic carbocycles. The summed E-state index contributed by atoms with van der Waals surface area (Å²) >= 11 is 0. The van der Waals surface area contributed by atoms with Gasteiger partial charge in [-0.1, -0.05) is 39.0 Å². The fraction of sp³-hybridized carbons (Fsp3) is 0.857. The highest BCUT2D eigenvalue weighted by Crippen LogP contribution is 2.18. The lowest BCUT2D eigenvalue weighted by Crippen LogP contribution is -2.36. The van der Waals surface area contributed by atoms with E-state index in [-0.39, 0.29) is 18.4 Å². The number of carbonyl (C=O) groups excluding carboxylic acids is 1. The Bertz CT molecular complexity index is 270. The van der Waals surface area contributed by atoms with E-state index >= 15 is 0 Å². The van der Waals surface area contributed by atoms with Crippen LogP contribution < -0.4 is 5.32 Å². The van der Waals surface area contributed by atoms with Gasteiger partial charge in [-0.3, -0.25) is 9.59 Å². The van der Waals surface area contributed by atoms with Gasteiger partial charge in [-0.15, -0.1) is 0 Å². The Balaban J connectivity index is 2.36. The molecule has 1 atom stereocenters. The molecule has 1 aliphatic rings. The Labute approximate surface area is 109 Å². The molecule has 0 bridgehead atoms. The Morgan fingerprint density at radius 3 is 2.33 bits per heavy atom. The maximum atomic E-state index is 11.8. The second-order valence-corrected chi connectivity index (χ2v) is 5.28. The number of amides is 1. The van der Waals surface area contributed by atoms with E-state index < -0.39 is 11.9 Å². The molecule has 4 heteroatoms. The van der Waals surface area contributed by atoms with Gasteiger partial charge >= 0.3 is 5.97 Å². The number of aliphatic carboxylic acids is 1. The molecule has 1 saturated carbocycles. The van der Waals surface area contributed by atoms with Crippen LogP contribution in [-0.2, 0) is 9.59 Å². The van der Waals surface area contributed by atoms with Gasteiger partial charge in [0.2, 0.25) is 5.91 Å². The summed E-state index contributed by atoms with van der Waals surface area (Å²) in [6, 6.07) is 0.260. The summed E-state index contributed by atoms with van der Waals surface area (Å²) in [6.07, 6.45) is 8.42. The van der Waals surface area contributed by atoms with Gasteiger partial charge in [-0.25, -0.2) is 0 Å². The van der Waals surface area contributed by atoms with Crippen LogP contribution in [0.2, 0.25) is 0 Å². The van der Waals surface area contributed by atoms with E-state index in [1.165, 1.54) is 25.7 Å². The van der Waals surface area contributed by atoms with Crippen LogP contribution in [-0.4, -0.2) is 23.0 Å². The molecule has 0 heterocycles. The van der Waals surface area contributed by atoms with E-state index in [4.69, 9.17) is 5.11 Å². The lowest BCUT2D eigenvalue weighted by atomic mass is 9.99. The van der Waals surface area contributed by atoms with Crippen molar-refractivity contribution < 1.29 is 14.7 Å². The summed E-state index contributed by atoms with van der Waals surface area (Å²) < 4.78 is 0. The van der Waals surface area contributed by atoms with Crippen molar-refractivity contribution in [3.05, 3.63) is 0 Å². The summed E-state index contributed by atoms with van der Waals surface area (Å²) in [5.74, 6) is -1.48. The van der Waals surface area contributed by atoms with Crippen LogP contribution >= 0.6 is 0 Å². The fourth-order valence-corrected chi connectivity index (χ4v) is 2.60. The molecule has 0 aromatic carbocycles. The number of hydrogen-bond acceptors (Lipinski definition) is 2. The second kappa shape index (κ2) is 8.11. The monoisotopic (exact) mass is 255 g/mol. The summed E-state index contributed by atoms with van der Waals surface area (Å²) in [5, 5.41) is 12.0. The summed E-state index contributed by atoms with van der Waals surface area (Å²) in [7, 11) is 0. The molecule has 1 amide bonds. The van der Waals surface area contributed by atoms with E-state index in [9.17, 15) is 9.59 Å². The second-order valence-electron chi connectivity index (χ2n) is 5.28. The van der Waals surface area contributed by atoms with E-state index in [1.807, 2.05) is 6.92 Å². The Hall–Kier alpha value is -1.06. The minimum Gasteiger partial charge on any atom is -0.481 e. The third-order valence-corrected chi connectivity index (χ3v) is 3.64. The first-order valence-corrected chi connectivity index (χ1v) is 7.15. The quantitative estimate of drug-likeness (QED) is 0.717. The number of nitrogens with one attached hydrogen (secondary N) is 1. The third-order valence-electron chi connectivity index (χ3n) is 3.64. The molecule has 0 aromatic heterocycles. The first kappa shape index (κ1) is 15.0. The topological polar surface area (TPSA) is 66.4 Å². The lowest BCUT2D eigenvalue weighted by molar-refractivity contribution is -0.144. The van der Waals surface area contributed by atoms with Crippen LogP contribution in [0.5, 0.6) is 0 Å². The number of rotatable bonds is 6. The average Bonchev–Trinajstić information content (AvgIpc) is 2.57. The first-order valence-electron chi connectivity index (χ1n) is 7.15. The molecule has 104 valence electrons. The molecule has 1 rings (SSSR count). The van der Waals surface area contributed by atoms with Crippen LogP contribution in [0.1, 0.15) is 64.7 Å². The summed E-state index contributed by atoms with van der Waals surface area (Å²) in [6.45, 7) is 1.94. The molecule has 2 N–H and O–H groups in total. The lowest BCUT2D eigenvalue weighted by Gasteiger charge is -2.18. The van der Waals surface area contributed by atoms with Crippen molar-refractivity contribution in [3.63, 3.8) is 0 Å². The van der Waals surface area contributed by atoms with Gasteiger partial charge in [0.15, 0.2) is 0 Å². The summed E-state index contributed by atoms with van der Waals surface area (Å²) in [4.78, 5) is 22.8. The molecule has 18 heavy (non-hydrogen) atoms. The molecule has 0 aromatic rings. The predicted octanol–water partition coefficient (Wildman–Crippen LogP) is 2.72. The number of hydrogen-bond donors (Lipinski definition) is 2. The van der Waals surface area contributed by atoms with Crippen LogP contribution in [0.4, 0.5) is 0 Å². The average molecular weight is 255 g/mol. The minimum atomic E-state index is -0.854. The number of carboxylic acids is 1. The molecular weight excluding hydrogens is 230 g/mol. The van der Waals surface area contributed by atoms with Crippen molar-refractivity contribution in [2.45, 2.75) is 70.8 Å². The maximum Gasteiger partial charge on any atom is 0.307 e. The van der Waals surface area contributed by atoms with Crippen LogP contribution in [0, 0.1) is 5.92 Å². The van der Waals surface area contributed by atoms with Gasteiger partial charge in [-0.05, 0) is 19.3 Å². The molecule has 0 spiro atoms. The SMILES string of the molecule is CCCC(CC(=O)NC1CCCCCC1)C(=O)O.